The third-order valence-electron chi connectivity index (χ3n) is 3.92. The number of ether oxygens (including phenoxy) is 1. The summed E-state index contributed by atoms with van der Waals surface area (Å²) in [4.78, 5) is 25.0. The summed E-state index contributed by atoms with van der Waals surface area (Å²) in [6.45, 7) is 3.45. The van der Waals surface area contributed by atoms with Gasteiger partial charge in [0, 0.05) is 17.5 Å². The van der Waals surface area contributed by atoms with Gasteiger partial charge in [0.2, 0.25) is 5.88 Å². The molecule has 1 aromatic heterocycles. The van der Waals surface area contributed by atoms with Gasteiger partial charge in [-0.25, -0.2) is 0 Å². The molecule has 0 saturated heterocycles. The van der Waals surface area contributed by atoms with Crippen LogP contribution in [0.25, 0.3) is 10.9 Å². The highest BCUT2D eigenvalue weighted by atomic mass is 79.9. The average molecular weight is 447 g/mol. The third kappa shape index (κ3) is 4.01. The number of non-ortho nitro benzene ring substituents is 1. The van der Waals surface area contributed by atoms with Crippen LogP contribution in [-0.4, -0.2) is 27.5 Å². The molecule has 1 amide bonds. The Kier molecular flexibility index (Phi) is 5.41. The van der Waals surface area contributed by atoms with Crippen molar-refractivity contribution in [2.45, 2.75) is 13.8 Å². The topological polar surface area (TPSA) is 130 Å². The van der Waals surface area contributed by atoms with Crippen molar-refractivity contribution in [2.24, 2.45) is 10.2 Å². The number of rotatable bonds is 5. The van der Waals surface area contributed by atoms with Crippen molar-refractivity contribution in [3.05, 3.63) is 56.0 Å². The Bertz CT molecular complexity index is 1100. The van der Waals surface area contributed by atoms with Gasteiger partial charge in [0.25, 0.3) is 5.69 Å². The van der Waals surface area contributed by atoms with Crippen LogP contribution < -0.4 is 4.74 Å². The third-order valence-corrected chi connectivity index (χ3v) is 4.51. The van der Waals surface area contributed by atoms with E-state index in [0.717, 1.165) is 15.6 Å². The number of aromatic amines is 1. The van der Waals surface area contributed by atoms with Gasteiger partial charge in [-0.2, -0.15) is 0 Å². The second-order valence-electron chi connectivity index (χ2n) is 6.08. The van der Waals surface area contributed by atoms with Crippen LogP contribution in [0, 0.1) is 24.0 Å². The normalized spacial score (nSPS) is 11.2. The molecule has 0 aliphatic rings. The summed E-state index contributed by atoms with van der Waals surface area (Å²) in [5.41, 5.74) is 2.11. The molecule has 28 heavy (non-hydrogen) atoms. The summed E-state index contributed by atoms with van der Waals surface area (Å²) in [5.74, 6) is -0.490. The van der Waals surface area contributed by atoms with Gasteiger partial charge in [0.1, 0.15) is 5.75 Å². The molecule has 0 spiro atoms. The molecule has 0 aliphatic carbocycles. The fourth-order valence-corrected chi connectivity index (χ4v) is 3.51. The second-order valence-corrected chi connectivity index (χ2v) is 6.94. The molecular weight excluding hydrogens is 432 g/mol. The number of nitrogens with one attached hydrogen (secondary N) is 1. The first-order valence-electron chi connectivity index (χ1n) is 8.09. The fraction of sp³-hybridized carbons (Fsp3) is 0.167. The molecule has 2 aromatic carbocycles. The van der Waals surface area contributed by atoms with Crippen LogP contribution in [0.4, 0.5) is 11.4 Å². The SMILES string of the molecule is Cc1cc(C)c(OCC(=O)N=Nc2c(O)[nH]c3ccc([N+](=O)[O-])cc23)c(Br)c1. The van der Waals surface area contributed by atoms with Crippen molar-refractivity contribution >= 4 is 44.1 Å². The highest BCUT2D eigenvalue weighted by molar-refractivity contribution is 9.10. The van der Waals surface area contributed by atoms with Gasteiger partial charge >= 0.3 is 5.91 Å². The lowest BCUT2D eigenvalue weighted by molar-refractivity contribution is -0.384. The monoisotopic (exact) mass is 446 g/mol. The molecule has 10 heteroatoms. The Morgan fingerprint density at radius 2 is 2.07 bits per heavy atom. The van der Waals surface area contributed by atoms with Crippen LogP contribution in [0.2, 0.25) is 0 Å². The summed E-state index contributed by atoms with van der Waals surface area (Å²) in [7, 11) is 0. The van der Waals surface area contributed by atoms with E-state index in [-0.39, 0.29) is 29.2 Å². The number of nitro groups is 1. The molecule has 0 bridgehead atoms. The van der Waals surface area contributed by atoms with E-state index in [9.17, 15) is 20.0 Å². The molecule has 3 aromatic rings. The zero-order valence-electron chi connectivity index (χ0n) is 14.9. The number of nitrogens with zero attached hydrogens (tertiary/aromatic N) is 3. The largest absolute Gasteiger partial charge is 0.493 e. The number of carbonyl (C=O) groups is 1. The van der Waals surface area contributed by atoms with E-state index in [1.165, 1.54) is 18.2 Å². The Balaban J connectivity index is 1.78. The molecule has 144 valence electrons. The van der Waals surface area contributed by atoms with Crippen LogP contribution in [0.1, 0.15) is 11.1 Å². The van der Waals surface area contributed by atoms with Crippen LogP contribution in [-0.2, 0) is 4.79 Å². The van der Waals surface area contributed by atoms with E-state index in [2.05, 4.69) is 31.1 Å². The molecular formula is C18H15BrN4O5. The molecule has 2 N–H and O–H groups in total. The minimum absolute atomic E-state index is 0.0558. The lowest BCUT2D eigenvalue weighted by Crippen LogP contribution is -2.09. The van der Waals surface area contributed by atoms with Gasteiger partial charge in [-0.05, 0) is 53.0 Å². The summed E-state index contributed by atoms with van der Waals surface area (Å²) in [5, 5.41) is 28.4. The molecule has 9 nitrogen and oxygen atoms in total. The van der Waals surface area contributed by atoms with Crippen molar-refractivity contribution in [2.75, 3.05) is 6.61 Å². The fourth-order valence-electron chi connectivity index (χ4n) is 2.72. The number of benzene rings is 2. The highest BCUT2D eigenvalue weighted by Gasteiger charge is 2.15. The van der Waals surface area contributed by atoms with Crippen molar-refractivity contribution in [3.63, 3.8) is 0 Å². The maximum atomic E-state index is 12.0. The van der Waals surface area contributed by atoms with Gasteiger partial charge in [-0.3, -0.25) is 14.9 Å². The number of aryl methyl sites for hydroxylation is 2. The molecule has 0 fully saturated rings. The minimum Gasteiger partial charge on any atom is -0.493 e. The van der Waals surface area contributed by atoms with E-state index in [0.29, 0.717) is 11.3 Å². The number of carbonyl (C=O) groups excluding carboxylic acids is 1. The number of aromatic hydroxyl groups is 1. The first-order chi connectivity index (χ1) is 13.3. The molecule has 0 saturated carbocycles. The number of hydrogen-bond acceptors (Lipinski definition) is 6. The van der Waals surface area contributed by atoms with Crippen LogP contribution in [0.15, 0.2) is 45.0 Å². The van der Waals surface area contributed by atoms with Gasteiger partial charge in [0.15, 0.2) is 12.3 Å². The molecule has 1 heterocycles. The second kappa shape index (κ2) is 7.77. The smallest absolute Gasteiger partial charge is 0.302 e. The number of hydrogen-bond donors (Lipinski definition) is 2. The number of aromatic nitrogens is 1. The van der Waals surface area contributed by atoms with Crippen LogP contribution >= 0.6 is 15.9 Å². The zero-order valence-corrected chi connectivity index (χ0v) is 16.5. The average Bonchev–Trinajstić information content (AvgIpc) is 2.93. The Morgan fingerprint density at radius 1 is 1.32 bits per heavy atom. The number of H-pyrrole nitrogens is 1. The van der Waals surface area contributed by atoms with E-state index in [4.69, 9.17) is 4.74 Å². The number of nitro benzene ring substituents is 1. The van der Waals surface area contributed by atoms with E-state index in [1.807, 2.05) is 26.0 Å². The zero-order chi connectivity index (χ0) is 20.4. The Labute approximate surface area is 167 Å². The number of fused-ring (bicyclic) bond motifs is 1. The molecule has 0 radical (unpaired) electrons. The Morgan fingerprint density at radius 3 is 2.75 bits per heavy atom. The van der Waals surface area contributed by atoms with Gasteiger partial charge in [-0.1, -0.05) is 6.07 Å². The summed E-state index contributed by atoms with van der Waals surface area (Å²) < 4.78 is 6.23. The standard InChI is InChI=1S/C18H15BrN4O5/c1-9-5-10(2)17(13(19)6-9)28-8-15(24)21-22-16-12-7-11(23(26)27)3-4-14(12)20-18(16)25/h3-7,20,25H,8H2,1-2H3. The molecule has 0 unspecified atom stereocenters. The van der Waals surface area contributed by atoms with Gasteiger partial charge < -0.3 is 14.8 Å². The maximum Gasteiger partial charge on any atom is 0.302 e. The van der Waals surface area contributed by atoms with E-state index >= 15 is 0 Å². The van der Waals surface area contributed by atoms with Crippen LogP contribution in [0.5, 0.6) is 11.6 Å². The first kappa shape index (κ1) is 19.5. The molecule has 0 aliphatic heterocycles. The van der Waals surface area contributed by atoms with Crippen LogP contribution in [0.3, 0.4) is 0 Å². The first-order valence-corrected chi connectivity index (χ1v) is 8.88. The van der Waals surface area contributed by atoms with Crippen molar-refractivity contribution < 1.29 is 19.6 Å². The predicted octanol–water partition coefficient (Wildman–Crippen LogP) is 4.85. The molecule has 0 atom stereocenters. The number of azo groups is 1. The van der Waals surface area contributed by atoms with Gasteiger partial charge in [0.05, 0.1) is 14.9 Å². The van der Waals surface area contributed by atoms with Gasteiger partial charge in [-0.15, -0.1) is 10.2 Å². The summed E-state index contributed by atoms with van der Waals surface area (Å²) in [6, 6.07) is 7.76. The van der Waals surface area contributed by atoms with E-state index < -0.39 is 10.8 Å². The van der Waals surface area contributed by atoms with Crippen molar-refractivity contribution in [3.8, 4) is 11.6 Å². The summed E-state index contributed by atoms with van der Waals surface area (Å²) in [6.07, 6.45) is 0. The lowest BCUT2D eigenvalue weighted by Gasteiger charge is -2.10. The highest BCUT2D eigenvalue weighted by Crippen LogP contribution is 2.37. The number of amides is 1. The minimum atomic E-state index is -0.675. The quantitative estimate of drug-likeness (QED) is 0.328. The lowest BCUT2D eigenvalue weighted by atomic mass is 10.1. The summed E-state index contributed by atoms with van der Waals surface area (Å²) >= 11 is 3.39. The van der Waals surface area contributed by atoms with Crippen molar-refractivity contribution in [1.29, 1.82) is 0 Å². The van der Waals surface area contributed by atoms with E-state index in [1.54, 1.807) is 0 Å². The van der Waals surface area contributed by atoms with Crippen molar-refractivity contribution in [1.82, 2.24) is 4.98 Å². The maximum absolute atomic E-state index is 12.0. The molecule has 3 rings (SSSR count). The predicted molar refractivity (Wildman–Crippen MR) is 105 cm³/mol. The number of halogens is 1. The Hall–Kier alpha value is -3.27.